The molecule has 0 aromatic heterocycles. The van der Waals surface area contributed by atoms with E-state index in [1.807, 2.05) is 0 Å². The molecule has 15 heavy (non-hydrogen) atoms. The Morgan fingerprint density at radius 2 is 1.87 bits per heavy atom. The van der Waals surface area contributed by atoms with Gasteiger partial charge in [-0.15, -0.1) is 0 Å². The van der Waals surface area contributed by atoms with Crippen molar-refractivity contribution in [3.05, 3.63) is 24.3 Å². The molecule has 0 unspecified atom stereocenters. The third-order valence-electron chi connectivity index (χ3n) is 1.81. The predicted octanol–water partition coefficient (Wildman–Crippen LogP) is 1.39. The number of amidine groups is 1. The Kier molecular flexibility index (Phi) is 3.43. The second-order valence-electron chi connectivity index (χ2n) is 2.93. The van der Waals surface area contributed by atoms with Crippen LogP contribution in [0.1, 0.15) is 6.92 Å². The van der Waals surface area contributed by atoms with Gasteiger partial charge in [0.05, 0.1) is 10.7 Å². The summed E-state index contributed by atoms with van der Waals surface area (Å²) >= 11 is 0. The summed E-state index contributed by atoms with van der Waals surface area (Å²) in [6, 6.07) is 5.75. The number of rotatable bonds is 2. The van der Waals surface area contributed by atoms with E-state index < -0.39 is 10.1 Å². The molecule has 0 saturated heterocycles. The van der Waals surface area contributed by atoms with Gasteiger partial charge >= 0.3 is 0 Å². The lowest BCUT2D eigenvalue weighted by molar-refractivity contribution is 0.483. The molecule has 1 rings (SSSR count). The molecule has 0 aliphatic carbocycles. The van der Waals surface area contributed by atoms with Crippen LogP contribution < -0.4 is 5.32 Å². The number of hydrogen-bond acceptors (Lipinski definition) is 3. The fraction of sp³-hybridized carbons (Fsp3) is 0.222. The normalized spacial score (nSPS) is 12.6. The standard InChI is InChI=1S/C9H12N2O3S/c1-7(10-2)11-8-3-5-9(6-4-8)15(12,13)14/h3-6H,1-2H3,(H,10,11)(H,12,13,14). The molecule has 0 atom stereocenters. The number of nitrogens with one attached hydrogen (secondary N) is 1. The second-order valence-corrected chi connectivity index (χ2v) is 4.35. The van der Waals surface area contributed by atoms with Gasteiger partial charge in [-0.3, -0.25) is 9.55 Å². The van der Waals surface area contributed by atoms with E-state index in [-0.39, 0.29) is 4.90 Å². The maximum atomic E-state index is 10.7. The number of anilines is 1. The highest BCUT2D eigenvalue weighted by Crippen LogP contribution is 2.13. The summed E-state index contributed by atoms with van der Waals surface area (Å²) in [5.74, 6) is 0.717. The average molecular weight is 228 g/mol. The first-order valence-corrected chi connectivity index (χ1v) is 5.65. The van der Waals surface area contributed by atoms with Crippen LogP contribution in [-0.4, -0.2) is 25.9 Å². The van der Waals surface area contributed by atoms with Crippen molar-refractivity contribution in [2.75, 3.05) is 12.4 Å². The summed E-state index contributed by atoms with van der Waals surface area (Å²) in [5.41, 5.74) is 0.713. The first-order valence-electron chi connectivity index (χ1n) is 4.21. The molecule has 0 bridgehead atoms. The van der Waals surface area contributed by atoms with Crippen molar-refractivity contribution in [1.82, 2.24) is 0 Å². The highest BCUT2D eigenvalue weighted by molar-refractivity contribution is 7.85. The summed E-state index contributed by atoms with van der Waals surface area (Å²) < 4.78 is 30.2. The van der Waals surface area contributed by atoms with Gasteiger partial charge in [-0.2, -0.15) is 8.42 Å². The predicted molar refractivity (Wildman–Crippen MR) is 58.9 cm³/mol. The number of benzene rings is 1. The van der Waals surface area contributed by atoms with E-state index in [0.29, 0.717) is 5.69 Å². The molecule has 0 heterocycles. The quantitative estimate of drug-likeness (QED) is 0.455. The molecule has 0 aliphatic rings. The Labute approximate surface area is 88.6 Å². The Balaban J connectivity index is 2.91. The van der Waals surface area contributed by atoms with Gasteiger partial charge in [0.15, 0.2) is 0 Å². The number of nitrogens with zero attached hydrogens (tertiary/aromatic N) is 1. The SMILES string of the molecule is C/N=C(\C)Nc1ccc(S(=O)(=O)O)cc1. The molecule has 0 amide bonds. The monoisotopic (exact) mass is 228 g/mol. The maximum absolute atomic E-state index is 10.7. The minimum Gasteiger partial charge on any atom is -0.344 e. The molecule has 1 aromatic carbocycles. The molecule has 2 N–H and O–H groups in total. The van der Waals surface area contributed by atoms with E-state index in [9.17, 15) is 8.42 Å². The molecular formula is C9H12N2O3S. The lowest BCUT2D eigenvalue weighted by Gasteiger charge is -2.05. The fourth-order valence-corrected chi connectivity index (χ4v) is 1.46. The Bertz CT molecular complexity index is 463. The zero-order valence-corrected chi connectivity index (χ0v) is 9.25. The van der Waals surface area contributed by atoms with Gasteiger partial charge in [-0.05, 0) is 31.2 Å². The summed E-state index contributed by atoms with van der Waals surface area (Å²) in [4.78, 5) is 3.77. The first kappa shape index (κ1) is 11.7. The zero-order valence-electron chi connectivity index (χ0n) is 8.43. The zero-order chi connectivity index (χ0) is 11.5. The smallest absolute Gasteiger partial charge is 0.294 e. The van der Waals surface area contributed by atoms with Crippen LogP contribution in [0.15, 0.2) is 34.2 Å². The van der Waals surface area contributed by atoms with E-state index in [1.54, 1.807) is 26.1 Å². The Morgan fingerprint density at radius 1 is 1.33 bits per heavy atom. The van der Waals surface area contributed by atoms with E-state index in [2.05, 4.69) is 10.3 Å². The largest absolute Gasteiger partial charge is 0.344 e. The third kappa shape index (κ3) is 3.34. The Hall–Kier alpha value is -1.40. The number of hydrogen-bond donors (Lipinski definition) is 2. The van der Waals surface area contributed by atoms with Gasteiger partial charge in [0.2, 0.25) is 0 Å². The van der Waals surface area contributed by atoms with E-state index >= 15 is 0 Å². The minimum atomic E-state index is -4.11. The second kappa shape index (κ2) is 4.41. The molecule has 0 aliphatic heterocycles. The fourth-order valence-electron chi connectivity index (χ4n) is 0.975. The lowest BCUT2D eigenvalue weighted by atomic mass is 10.3. The van der Waals surface area contributed by atoms with Crippen LogP contribution in [0.25, 0.3) is 0 Å². The van der Waals surface area contributed by atoms with Gasteiger partial charge in [0.25, 0.3) is 10.1 Å². The molecule has 5 nitrogen and oxygen atoms in total. The van der Waals surface area contributed by atoms with Crippen LogP contribution in [0.5, 0.6) is 0 Å². The van der Waals surface area contributed by atoms with Crippen LogP contribution in [0.4, 0.5) is 5.69 Å². The Morgan fingerprint density at radius 3 is 2.27 bits per heavy atom. The van der Waals surface area contributed by atoms with E-state index in [1.165, 1.54) is 12.1 Å². The van der Waals surface area contributed by atoms with Crippen LogP contribution in [0.2, 0.25) is 0 Å². The molecule has 0 radical (unpaired) electrons. The summed E-state index contributed by atoms with van der Waals surface area (Å²) in [7, 11) is -2.46. The third-order valence-corrected chi connectivity index (χ3v) is 2.68. The maximum Gasteiger partial charge on any atom is 0.294 e. The average Bonchev–Trinajstić information content (AvgIpc) is 2.17. The van der Waals surface area contributed by atoms with Crippen LogP contribution in [0.3, 0.4) is 0 Å². The summed E-state index contributed by atoms with van der Waals surface area (Å²) in [6.45, 7) is 1.79. The van der Waals surface area contributed by atoms with Gasteiger partial charge in [0, 0.05) is 12.7 Å². The van der Waals surface area contributed by atoms with Crippen molar-refractivity contribution in [3.8, 4) is 0 Å². The molecule has 82 valence electrons. The molecule has 0 saturated carbocycles. The summed E-state index contributed by atoms with van der Waals surface area (Å²) in [5, 5.41) is 2.94. The van der Waals surface area contributed by atoms with Crippen molar-refractivity contribution in [1.29, 1.82) is 0 Å². The molecule has 0 fully saturated rings. The summed E-state index contributed by atoms with van der Waals surface area (Å²) in [6.07, 6.45) is 0. The van der Waals surface area contributed by atoms with Crippen molar-refractivity contribution in [3.63, 3.8) is 0 Å². The molecule has 0 spiro atoms. The number of aliphatic imine (C=N–C) groups is 1. The first-order chi connectivity index (χ1) is 6.93. The highest BCUT2D eigenvalue weighted by atomic mass is 32.2. The van der Waals surface area contributed by atoms with Gasteiger partial charge in [-0.1, -0.05) is 0 Å². The van der Waals surface area contributed by atoms with Crippen LogP contribution in [-0.2, 0) is 10.1 Å². The van der Waals surface area contributed by atoms with E-state index in [0.717, 1.165) is 5.84 Å². The molecule has 6 heteroatoms. The highest BCUT2D eigenvalue weighted by Gasteiger charge is 2.08. The molecular weight excluding hydrogens is 216 g/mol. The van der Waals surface area contributed by atoms with Crippen molar-refractivity contribution < 1.29 is 13.0 Å². The van der Waals surface area contributed by atoms with Crippen molar-refractivity contribution in [2.24, 2.45) is 4.99 Å². The van der Waals surface area contributed by atoms with Crippen LogP contribution in [0, 0.1) is 0 Å². The van der Waals surface area contributed by atoms with Crippen molar-refractivity contribution >= 4 is 21.6 Å². The lowest BCUT2D eigenvalue weighted by Crippen LogP contribution is -2.06. The van der Waals surface area contributed by atoms with E-state index in [4.69, 9.17) is 4.55 Å². The van der Waals surface area contributed by atoms with Gasteiger partial charge < -0.3 is 5.32 Å². The van der Waals surface area contributed by atoms with Gasteiger partial charge in [0.1, 0.15) is 0 Å². The minimum absolute atomic E-state index is 0.126. The topological polar surface area (TPSA) is 78.8 Å². The van der Waals surface area contributed by atoms with Crippen LogP contribution >= 0.6 is 0 Å². The molecule has 1 aromatic rings. The van der Waals surface area contributed by atoms with Crippen molar-refractivity contribution in [2.45, 2.75) is 11.8 Å². The van der Waals surface area contributed by atoms with Gasteiger partial charge in [-0.25, -0.2) is 0 Å².